The number of aromatic nitrogens is 1. The van der Waals surface area contributed by atoms with Crippen LogP contribution in [0.4, 0.5) is 5.82 Å². The van der Waals surface area contributed by atoms with E-state index < -0.39 is 5.97 Å². The fourth-order valence-electron chi connectivity index (χ4n) is 2.45. The number of rotatable bonds is 5. The Kier molecular flexibility index (Phi) is 4.48. The van der Waals surface area contributed by atoms with Crippen LogP contribution >= 0.6 is 11.3 Å². The number of ketones is 1. The minimum absolute atomic E-state index is 0.185. The Bertz CT molecular complexity index is 664. The zero-order valence-electron chi connectivity index (χ0n) is 12.0. The normalized spacial score (nSPS) is 14.1. The maximum absolute atomic E-state index is 12.3. The summed E-state index contributed by atoms with van der Waals surface area (Å²) in [6.07, 6.45) is 3.87. The molecule has 0 unspecified atom stereocenters. The van der Waals surface area contributed by atoms with Gasteiger partial charge in [0.1, 0.15) is 11.4 Å². The molecule has 2 aromatic rings. The molecular weight excluding hydrogens is 300 g/mol. The lowest BCUT2D eigenvalue weighted by Crippen LogP contribution is -2.23. The van der Waals surface area contributed by atoms with Crippen LogP contribution in [-0.4, -0.2) is 36.4 Å². The van der Waals surface area contributed by atoms with Gasteiger partial charge in [-0.05, 0) is 36.4 Å². The lowest BCUT2D eigenvalue weighted by atomic mass is 10.2. The Morgan fingerprint density at radius 1 is 1.23 bits per heavy atom. The van der Waals surface area contributed by atoms with Gasteiger partial charge in [0.2, 0.25) is 5.78 Å². The number of hydrogen-bond acceptors (Lipinski definition) is 6. The van der Waals surface area contributed by atoms with Gasteiger partial charge < -0.3 is 9.64 Å². The SMILES string of the molecule is O=C(COC(=O)c1cccnc1N1CCCC1)c1cccs1. The van der Waals surface area contributed by atoms with Crippen LogP contribution in [0.2, 0.25) is 0 Å². The van der Waals surface area contributed by atoms with Crippen molar-refractivity contribution in [2.45, 2.75) is 12.8 Å². The Morgan fingerprint density at radius 3 is 2.77 bits per heavy atom. The quantitative estimate of drug-likeness (QED) is 0.627. The number of hydrogen-bond donors (Lipinski definition) is 0. The zero-order valence-corrected chi connectivity index (χ0v) is 12.8. The fourth-order valence-corrected chi connectivity index (χ4v) is 3.11. The van der Waals surface area contributed by atoms with Crippen molar-refractivity contribution >= 4 is 28.9 Å². The summed E-state index contributed by atoms with van der Waals surface area (Å²) in [5.74, 6) is -0.0385. The molecular formula is C16H16N2O3S. The Hall–Kier alpha value is -2.21. The zero-order chi connectivity index (χ0) is 15.4. The van der Waals surface area contributed by atoms with Crippen LogP contribution in [0, 0.1) is 0 Å². The first-order valence-electron chi connectivity index (χ1n) is 7.19. The van der Waals surface area contributed by atoms with Gasteiger partial charge >= 0.3 is 5.97 Å². The van der Waals surface area contributed by atoms with Gasteiger partial charge in [-0.1, -0.05) is 6.07 Å². The number of nitrogens with zero attached hydrogens (tertiary/aromatic N) is 2. The summed E-state index contributed by atoms with van der Waals surface area (Å²) in [6.45, 7) is 1.55. The molecule has 1 fully saturated rings. The van der Waals surface area contributed by atoms with Crippen LogP contribution in [0.25, 0.3) is 0 Å². The van der Waals surface area contributed by atoms with Crippen molar-refractivity contribution in [3.63, 3.8) is 0 Å². The monoisotopic (exact) mass is 316 g/mol. The summed E-state index contributed by atoms with van der Waals surface area (Å²) >= 11 is 1.34. The van der Waals surface area contributed by atoms with Crippen molar-refractivity contribution in [3.05, 3.63) is 46.3 Å². The highest BCUT2D eigenvalue weighted by atomic mass is 32.1. The number of carbonyl (C=O) groups excluding carboxylic acids is 2. The standard InChI is InChI=1S/C16H16N2O3S/c19-13(14-6-4-10-22-14)11-21-16(20)12-5-3-7-17-15(12)18-8-1-2-9-18/h3-7,10H,1-2,8-9,11H2. The summed E-state index contributed by atoms with van der Waals surface area (Å²) in [5.41, 5.74) is 0.420. The highest BCUT2D eigenvalue weighted by Crippen LogP contribution is 2.22. The van der Waals surface area contributed by atoms with Gasteiger partial charge in [0.05, 0.1) is 4.88 Å². The summed E-state index contributed by atoms with van der Waals surface area (Å²) in [6, 6.07) is 6.92. The largest absolute Gasteiger partial charge is 0.454 e. The van der Waals surface area contributed by atoms with E-state index >= 15 is 0 Å². The van der Waals surface area contributed by atoms with Crippen LogP contribution in [-0.2, 0) is 4.74 Å². The molecule has 3 rings (SSSR count). The van der Waals surface area contributed by atoms with Crippen LogP contribution in [0.15, 0.2) is 35.8 Å². The van der Waals surface area contributed by atoms with E-state index in [-0.39, 0.29) is 12.4 Å². The van der Waals surface area contributed by atoms with Gasteiger partial charge in [0.25, 0.3) is 0 Å². The van der Waals surface area contributed by atoms with Crippen molar-refractivity contribution in [2.24, 2.45) is 0 Å². The van der Waals surface area contributed by atoms with Gasteiger partial charge in [-0.15, -0.1) is 11.3 Å². The van der Waals surface area contributed by atoms with E-state index in [4.69, 9.17) is 4.74 Å². The molecule has 0 aromatic carbocycles. The first kappa shape index (κ1) is 14.7. The van der Waals surface area contributed by atoms with Crippen molar-refractivity contribution < 1.29 is 14.3 Å². The molecule has 2 aromatic heterocycles. The van der Waals surface area contributed by atoms with Gasteiger partial charge in [0.15, 0.2) is 6.61 Å². The van der Waals surface area contributed by atoms with Gasteiger partial charge in [0, 0.05) is 19.3 Å². The molecule has 0 spiro atoms. The smallest absolute Gasteiger partial charge is 0.342 e. The number of anilines is 1. The van der Waals surface area contributed by atoms with E-state index in [1.165, 1.54) is 11.3 Å². The third-order valence-electron chi connectivity index (χ3n) is 3.54. The average Bonchev–Trinajstić information content (AvgIpc) is 3.24. The fraction of sp³-hybridized carbons (Fsp3) is 0.312. The number of thiophene rings is 1. The maximum atomic E-state index is 12.3. The molecule has 22 heavy (non-hydrogen) atoms. The molecule has 0 atom stereocenters. The molecule has 0 saturated carbocycles. The van der Waals surface area contributed by atoms with Crippen LogP contribution < -0.4 is 4.90 Å². The molecule has 1 aliphatic heterocycles. The topological polar surface area (TPSA) is 59.5 Å². The van der Waals surface area contributed by atoms with Crippen molar-refractivity contribution in [2.75, 3.05) is 24.6 Å². The molecule has 0 amide bonds. The van der Waals surface area contributed by atoms with Crippen molar-refractivity contribution in [3.8, 4) is 0 Å². The molecule has 6 heteroatoms. The minimum atomic E-state index is -0.500. The molecule has 114 valence electrons. The lowest BCUT2D eigenvalue weighted by molar-refractivity contribution is 0.0476. The maximum Gasteiger partial charge on any atom is 0.342 e. The van der Waals surface area contributed by atoms with E-state index in [9.17, 15) is 9.59 Å². The molecule has 0 bridgehead atoms. The number of pyridine rings is 1. The summed E-state index contributed by atoms with van der Waals surface area (Å²) in [5, 5.41) is 1.82. The number of carbonyl (C=O) groups is 2. The molecule has 3 heterocycles. The highest BCUT2D eigenvalue weighted by molar-refractivity contribution is 7.12. The molecule has 0 N–H and O–H groups in total. The third kappa shape index (κ3) is 3.17. The summed E-state index contributed by atoms with van der Waals surface area (Å²) in [7, 11) is 0. The second-order valence-corrected chi connectivity index (χ2v) is 5.99. The number of ether oxygens (including phenoxy) is 1. The van der Waals surface area contributed by atoms with E-state index in [1.807, 2.05) is 5.38 Å². The summed E-state index contributed by atoms with van der Waals surface area (Å²) < 4.78 is 5.17. The third-order valence-corrected chi connectivity index (χ3v) is 4.45. The van der Waals surface area contributed by atoms with Crippen LogP contribution in [0.1, 0.15) is 32.9 Å². The van der Waals surface area contributed by atoms with Crippen LogP contribution in [0.5, 0.6) is 0 Å². The minimum Gasteiger partial charge on any atom is -0.454 e. The van der Waals surface area contributed by atoms with Gasteiger partial charge in [-0.3, -0.25) is 4.79 Å². The van der Waals surface area contributed by atoms with E-state index in [1.54, 1.807) is 30.5 Å². The first-order valence-corrected chi connectivity index (χ1v) is 8.07. The Labute approximate surface area is 132 Å². The van der Waals surface area contributed by atoms with Crippen LogP contribution in [0.3, 0.4) is 0 Å². The highest BCUT2D eigenvalue weighted by Gasteiger charge is 2.22. The molecule has 0 aliphatic carbocycles. The van der Waals surface area contributed by atoms with Crippen molar-refractivity contribution in [1.29, 1.82) is 0 Å². The Morgan fingerprint density at radius 2 is 2.05 bits per heavy atom. The van der Waals surface area contributed by atoms with E-state index in [0.29, 0.717) is 16.3 Å². The Balaban J connectivity index is 1.68. The second-order valence-electron chi connectivity index (χ2n) is 5.05. The predicted molar refractivity (Wildman–Crippen MR) is 84.6 cm³/mol. The van der Waals surface area contributed by atoms with Crippen molar-refractivity contribution in [1.82, 2.24) is 4.98 Å². The molecule has 5 nitrogen and oxygen atoms in total. The molecule has 0 radical (unpaired) electrons. The molecule has 1 aliphatic rings. The van der Waals surface area contributed by atoms with E-state index in [0.717, 1.165) is 25.9 Å². The predicted octanol–water partition coefficient (Wildman–Crippen LogP) is 2.78. The lowest BCUT2D eigenvalue weighted by Gasteiger charge is -2.18. The molecule has 1 saturated heterocycles. The average molecular weight is 316 g/mol. The first-order chi connectivity index (χ1) is 10.8. The number of Topliss-reactive ketones (excluding diaryl/α,β-unsaturated/α-hetero) is 1. The second kappa shape index (κ2) is 6.70. The van der Waals surface area contributed by atoms with Gasteiger partial charge in [-0.2, -0.15) is 0 Å². The van der Waals surface area contributed by atoms with E-state index in [2.05, 4.69) is 9.88 Å². The van der Waals surface area contributed by atoms with Gasteiger partial charge in [-0.25, -0.2) is 9.78 Å². The number of esters is 1. The summed E-state index contributed by atoms with van der Waals surface area (Å²) in [4.78, 5) is 31.1.